The third kappa shape index (κ3) is 8.27. The van der Waals surface area contributed by atoms with Gasteiger partial charge in [-0.1, -0.05) is 95.9 Å². The van der Waals surface area contributed by atoms with Gasteiger partial charge in [0.15, 0.2) is 10.7 Å². The van der Waals surface area contributed by atoms with Gasteiger partial charge >= 0.3 is 0 Å². The molecular weight excluding hydrogens is 743 g/mol. The van der Waals surface area contributed by atoms with Crippen LogP contribution in [0.3, 0.4) is 0 Å². The molecule has 0 aliphatic heterocycles. The fourth-order valence-corrected chi connectivity index (χ4v) is 6.75. The number of thiophene rings is 1. The maximum absolute atomic E-state index is 11.7. The summed E-state index contributed by atoms with van der Waals surface area (Å²) in [5.74, 6) is 1.59. The summed E-state index contributed by atoms with van der Waals surface area (Å²) in [5, 5.41) is 14.5. The SMILES string of the molecule is CCC(CC)C(=O)/C=C(\O)C(CC)CC.Cc1cc(-c2nccc3sc4oc(CC(C)(C)C)cc4c23)[c-]c2ccccc12.[Ir]. The standard InChI is InChI=1S/C25H22NOS.C13H24O2.Ir/c1-15-11-17(12-16-7-5-6-8-19(15)16)23-22-20-13-18(14-25(2,3)4)27-24(20)28-21(22)9-10-26-23;1-5-10(6-2)12(14)9-13(15)11(7-3)8-4;/h5-11,13H,14H2,1-4H3;9-11,14H,5-8H2,1-4H3;/q-1;;/b;12-9-;. The zero-order valence-electron chi connectivity index (χ0n) is 27.3. The number of aromatic nitrogens is 1. The molecule has 0 atom stereocenters. The number of fused-ring (bicyclic) bond motifs is 4. The van der Waals surface area contributed by atoms with Crippen LogP contribution in [0.25, 0.3) is 42.4 Å². The molecule has 3 aromatic heterocycles. The van der Waals surface area contributed by atoms with Crippen molar-refractivity contribution in [1.82, 2.24) is 4.98 Å². The third-order valence-electron chi connectivity index (χ3n) is 8.16. The van der Waals surface area contributed by atoms with Gasteiger partial charge in [0, 0.05) is 66.4 Å². The summed E-state index contributed by atoms with van der Waals surface area (Å²) in [6.07, 6.45) is 7.72. The van der Waals surface area contributed by atoms with Crippen molar-refractivity contribution < 1.29 is 34.4 Å². The summed E-state index contributed by atoms with van der Waals surface area (Å²) >= 11 is 1.70. The summed E-state index contributed by atoms with van der Waals surface area (Å²) in [6, 6.07) is 18.5. The van der Waals surface area contributed by atoms with Crippen molar-refractivity contribution in [2.24, 2.45) is 17.3 Å². The van der Waals surface area contributed by atoms with Crippen LogP contribution >= 0.6 is 11.3 Å². The molecule has 0 saturated carbocycles. The second kappa shape index (κ2) is 15.5. The van der Waals surface area contributed by atoms with Crippen LogP contribution in [0.4, 0.5) is 0 Å². The van der Waals surface area contributed by atoms with Crippen LogP contribution in [0, 0.1) is 30.2 Å². The monoisotopic (exact) mass is 789 g/mol. The Labute approximate surface area is 280 Å². The van der Waals surface area contributed by atoms with E-state index in [9.17, 15) is 9.90 Å². The predicted octanol–water partition coefficient (Wildman–Crippen LogP) is 11.4. The Bertz CT molecular complexity index is 1730. The van der Waals surface area contributed by atoms with E-state index in [1.807, 2.05) is 33.9 Å². The van der Waals surface area contributed by atoms with Crippen LogP contribution < -0.4 is 0 Å². The van der Waals surface area contributed by atoms with Gasteiger partial charge in [-0.3, -0.25) is 9.78 Å². The van der Waals surface area contributed by atoms with Gasteiger partial charge in [-0.25, -0.2) is 0 Å². The molecule has 6 heteroatoms. The average Bonchev–Trinajstić information content (AvgIpc) is 3.50. The van der Waals surface area contributed by atoms with E-state index in [1.165, 1.54) is 32.5 Å². The Morgan fingerprint density at radius 2 is 1.66 bits per heavy atom. The number of aryl methyl sites for hydroxylation is 1. The van der Waals surface area contributed by atoms with E-state index in [1.54, 1.807) is 11.3 Å². The molecule has 3 heterocycles. The molecule has 0 fully saturated rings. The molecule has 0 aliphatic rings. The number of carbonyl (C=O) groups is 1. The van der Waals surface area contributed by atoms with Gasteiger partial charge in [-0.15, -0.1) is 29.1 Å². The smallest absolute Gasteiger partial charge is 0.188 e. The number of rotatable bonds is 9. The van der Waals surface area contributed by atoms with Crippen molar-refractivity contribution in [1.29, 1.82) is 0 Å². The number of aliphatic hydroxyl groups is 1. The molecule has 5 aromatic rings. The quantitative estimate of drug-likeness (QED) is 0.0918. The molecule has 237 valence electrons. The van der Waals surface area contributed by atoms with E-state index in [0.29, 0.717) is 0 Å². The molecule has 5 rings (SSSR count). The van der Waals surface area contributed by atoms with Gasteiger partial charge in [0.2, 0.25) is 0 Å². The van der Waals surface area contributed by atoms with Crippen LogP contribution in [0.15, 0.2) is 64.9 Å². The Morgan fingerprint density at radius 3 is 2.30 bits per heavy atom. The van der Waals surface area contributed by atoms with Crippen LogP contribution in [-0.4, -0.2) is 15.9 Å². The minimum Gasteiger partial charge on any atom is -0.512 e. The maximum Gasteiger partial charge on any atom is 0.188 e. The van der Waals surface area contributed by atoms with Gasteiger partial charge in [-0.05, 0) is 48.6 Å². The number of ketones is 1. The molecule has 2 aromatic carbocycles. The van der Waals surface area contributed by atoms with Gasteiger partial charge in [0.1, 0.15) is 5.76 Å². The number of nitrogens with zero attached hydrogens (tertiary/aromatic N) is 1. The van der Waals surface area contributed by atoms with Gasteiger partial charge < -0.3 is 9.52 Å². The molecule has 0 saturated heterocycles. The molecule has 0 unspecified atom stereocenters. The molecule has 0 aliphatic carbocycles. The Hall–Kier alpha value is -2.79. The summed E-state index contributed by atoms with van der Waals surface area (Å²) in [4.78, 5) is 17.5. The fourth-order valence-electron chi connectivity index (χ4n) is 5.70. The summed E-state index contributed by atoms with van der Waals surface area (Å²) < 4.78 is 7.40. The zero-order valence-corrected chi connectivity index (χ0v) is 30.6. The van der Waals surface area contributed by atoms with E-state index in [4.69, 9.17) is 9.40 Å². The van der Waals surface area contributed by atoms with E-state index in [0.717, 1.165) is 59.4 Å². The predicted molar refractivity (Wildman–Crippen MR) is 183 cm³/mol. The van der Waals surface area contributed by atoms with Crippen LogP contribution in [0.5, 0.6) is 0 Å². The normalized spacial score (nSPS) is 12.2. The molecule has 0 spiro atoms. The topological polar surface area (TPSA) is 63.3 Å². The molecule has 44 heavy (non-hydrogen) atoms. The van der Waals surface area contributed by atoms with Gasteiger partial charge in [0.25, 0.3) is 0 Å². The minimum absolute atomic E-state index is 0. The van der Waals surface area contributed by atoms with Gasteiger partial charge in [0.05, 0.1) is 5.76 Å². The number of benzene rings is 2. The third-order valence-corrected chi connectivity index (χ3v) is 9.21. The van der Waals surface area contributed by atoms with Crippen molar-refractivity contribution in [2.45, 2.75) is 87.5 Å². The Balaban J connectivity index is 0.000000286. The van der Waals surface area contributed by atoms with Crippen LogP contribution in [-0.2, 0) is 31.3 Å². The average molecular weight is 789 g/mol. The number of hydrogen-bond donors (Lipinski definition) is 1. The Morgan fingerprint density at radius 1 is 1.00 bits per heavy atom. The number of hydrogen-bond acceptors (Lipinski definition) is 5. The van der Waals surface area contributed by atoms with Crippen molar-refractivity contribution in [2.75, 3.05) is 0 Å². The van der Waals surface area contributed by atoms with E-state index in [2.05, 4.69) is 76.2 Å². The molecule has 0 amide bonds. The molecular formula is C38H46IrNO3S-. The number of aliphatic hydroxyl groups excluding tert-OH is 1. The zero-order chi connectivity index (χ0) is 31.3. The second-order valence-corrected chi connectivity index (χ2v) is 13.7. The number of pyridine rings is 1. The van der Waals surface area contributed by atoms with Crippen LogP contribution in [0.2, 0.25) is 0 Å². The van der Waals surface area contributed by atoms with E-state index >= 15 is 0 Å². The number of allylic oxidation sites excluding steroid dienone is 2. The van der Waals surface area contributed by atoms with Crippen molar-refractivity contribution >= 4 is 48.3 Å². The number of carbonyl (C=O) groups excluding carboxylic acids is 1. The fraction of sp³-hybridized carbons (Fsp3) is 0.421. The first-order chi connectivity index (χ1) is 20.5. The molecule has 0 bridgehead atoms. The Kier molecular flexibility index (Phi) is 12.5. The number of furan rings is 1. The maximum atomic E-state index is 11.7. The van der Waals surface area contributed by atoms with Crippen molar-refractivity contribution in [3.63, 3.8) is 0 Å². The van der Waals surface area contributed by atoms with Crippen molar-refractivity contribution in [3.05, 3.63) is 77.9 Å². The largest absolute Gasteiger partial charge is 0.512 e. The second-order valence-electron chi connectivity index (χ2n) is 12.7. The summed E-state index contributed by atoms with van der Waals surface area (Å²) in [5.41, 5.74) is 3.47. The first-order valence-corrected chi connectivity index (χ1v) is 16.5. The molecule has 4 nitrogen and oxygen atoms in total. The summed E-state index contributed by atoms with van der Waals surface area (Å²) in [6.45, 7) is 16.9. The minimum atomic E-state index is 0. The van der Waals surface area contributed by atoms with Crippen LogP contribution in [0.1, 0.15) is 85.5 Å². The first kappa shape index (κ1) is 35.7. The molecule has 1 radical (unpaired) electrons. The van der Waals surface area contributed by atoms with Crippen molar-refractivity contribution in [3.8, 4) is 11.3 Å². The molecule has 1 N–H and O–H groups in total. The van der Waals surface area contributed by atoms with E-state index in [-0.39, 0.29) is 48.9 Å². The van der Waals surface area contributed by atoms with Gasteiger partial charge in [-0.2, -0.15) is 0 Å². The summed E-state index contributed by atoms with van der Waals surface area (Å²) in [7, 11) is 0. The van der Waals surface area contributed by atoms with E-state index < -0.39 is 0 Å². The first-order valence-electron chi connectivity index (χ1n) is 15.7.